The Labute approximate surface area is 187 Å². The molecule has 0 aromatic heterocycles. The van der Waals surface area contributed by atoms with Crippen LogP contribution in [-0.4, -0.2) is 35.9 Å². The number of allylic oxidation sites excluding steroid dienone is 5. The van der Waals surface area contributed by atoms with E-state index in [9.17, 15) is 9.59 Å². The van der Waals surface area contributed by atoms with Gasteiger partial charge in [-0.3, -0.25) is 9.59 Å². The average molecular weight is 433 g/mol. The van der Waals surface area contributed by atoms with Gasteiger partial charge in [-0.05, 0) is 63.9 Å². The van der Waals surface area contributed by atoms with Gasteiger partial charge >= 0.3 is 5.97 Å². The lowest BCUT2D eigenvalue weighted by molar-refractivity contribution is -0.179. The monoisotopic (exact) mass is 432 g/mol. The van der Waals surface area contributed by atoms with Gasteiger partial charge in [0.25, 0.3) is 0 Å². The summed E-state index contributed by atoms with van der Waals surface area (Å²) in [6.07, 6.45) is 19.9. The summed E-state index contributed by atoms with van der Waals surface area (Å²) in [7, 11) is 0. The van der Waals surface area contributed by atoms with Crippen molar-refractivity contribution in [1.29, 1.82) is 0 Å². The summed E-state index contributed by atoms with van der Waals surface area (Å²) >= 11 is 0. The molecule has 31 heavy (non-hydrogen) atoms. The number of ether oxygens (including phenoxy) is 2. The molecule has 2 rings (SSSR count). The van der Waals surface area contributed by atoms with Gasteiger partial charge in [0.1, 0.15) is 0 Å². The average Bonchev–Trinajstić information content (AvgIpc) is 3.01. The molecule has 5 nitrogen and oxygen atoms in total. The molecule has 0 amide bonds. The van der Waals surface area contributed by atoms with Crippen LogP contribution in [0.3, 0.4) is 0 Å². The Morgan fingerprint density at radius 3 is 2.84 bits per heavy atom. The largest absolute Gasteiger partial charge is 0.481 e. The molecule has 0 spiro atoms. The third-order valence-electron chi connectivity index (χ3n) is 6.12. The fourth-order valence-corrected chi connectivity index (χ4v) is 4.26. The highest BCUT2D eigenvalue weighted by Gasteiger charge is 2.31. The maximum Gasteiger partial charge on any atom is 0.303 e. The number of carboxylic acid groups (broad SMARTS) is 1. The van der Waals surface area contributed by atoms with Crippen LogP contribution >= 0.6 is 0 Å². The molecule has 1 heterocycles. The van der Waals surface area contributed by atoms with Crippen molar-refractivity contribution in [2.45, 2.75) is 96.9 Å². The van der Waals surface area contributed by atoms with E-state index in [1.807, 2.05) is 13.0 Å². The molecule has 0 aromatic carbocycles. The van der Waals surface area contributed by atoms with E-state index in [-0.39, 0.29) is 36.4 Å². The molecule has 1 saturated heterocycles. The lowest BCUT2D eigenvalue weighted by Crippen LogP contribution is -2.27. The SMILES string of the molecule is CCCCC[C@@H](/C=C/[C@@H]1C(=O)C=C(C)[C@H]1CC=CCCCC(=O)O)OC1CCCCO1. The highest BCUT2D eigenvalue weighted by Crippen LogP contribution is 2.34. The zero-order valence-electron chi connectivity index (χ0n) is 19.3. The second-order valence-corrected chi connectivity index (χ2v) is 8.77. The highest BCUT2D eigenvalue weighted by atomic mass is 16.7. The number of aliphatic carboxylic acids is 1. The molecule has 4 atom stereocenters. The molecule has 174 valence electrons. The predicted molar refractivity (Wildman–Crippen MR) is 123 cm³/mol. The van der Waals surface area contributed by atoms with Gasteiger partial charge in [-0.2, -0.15) is 0 Å². The minimum Gasteiger partial charge on any atom is -0.481 e. The molecule has 5 heteroatoms. The molecule has 0 saturated carbocycles. The molecule has 1 unspecified atom stereocenters. The lowest BCUT2D eigenvalue weighted by atomic mass is 9.87. The van der Waals surface area contributed by atoms with Crippen molar-refractivity contribution < 1.29 is 24.2 Å². The van der Waals surface area contributed by atoms with Crippen molar-refractivity contribution in [2.24, 2.45) is 11.8 Å². The van der Waals surface area contributed by atoms with E-state index in [1.165, 1.54) is 12.8 Å². The molecule has 0 aromatic rings. The van der Waals surface area contributed by atoms with Crippen molar-refractivity contribution in [1.82, 2.24) is 0 Å². The van der Waals surface area contributed by atoms with Crippen LogP contribution in [0.4, 0.5) is 0 Å². The van der Waals surface area contributed by atoms with E-state index >= 15 is 0 Å². The van der Waals surface area contributed by atoms with Crippen LogP contribution in [0.5, 0.6) is 0 Å². The number of carboxylic acids is 1. The Morgan fingerprint density at radius 2 is 2.13 bits per heavy atom. The van der Waals surface area contributed by atoms with Gasteiger partial charge in [0.2, 0.25) is 0 Å². The quantitative estimate of drug-likeness (QED) is 0.269. The van der Waals surface area contributed by atoms with Gasteiger partial charge in [-0.1, -0.05) is 56.1 Å². The van der Waals surface area contributed by atoms with Crippen molar-refractivity contribution in [3.63, 3.8) is 0 Å². The summed E-state index contributed by atoms with van der Waals surface area (Å²) < 4.78 is 12.0. The standard InChI is InChI=1S/C26H40O5/c1-3-4-7-12-21(31-26-15-10-11-18-30-26)16-17-23-22(20(2)19-24(23)27)13-8-5-6-9-14-25(28)29/h5,8,16-17,19,21-23,26H,3-4,6-7,9-15,18H2,1-2H3,(H,28,29)/b8-5?,17-16+/t21-,22+,23-,26?/m0/s1. The first-order valence-corrected chi connectivity index (χ1v) is 12.1. The Hall–Kier alpha value is -1.72. The second-order valence-electron chi connectivity index (χ2n) is 8.77. The summed E-state index contributed by atoms with van der Waals surface area (Å²) in [6.45, 7) is 4.99. The first-order chi connectivity index (χ1) is 15.0. The first kappa shape index (κ1) is 25.5. The molecule has 1 N–H and O–H groups in total. The number of rotatable bonds is 14. The summed E-state index contributed by atoms with van der Waals surface area (Å²) in [4.78, 5) is 23.2. The highest BCUT2D eigenvalue weighted by molar-refractivity contribution is 5.96. The summed E-state index contributed by atoms with van der Waals surface area (Å²) in [5.41, 5.74) is 1.12. The minimum atomic E-state index is -0.756. The Balaban J connectivity index is 1.93. The smallest absolute Gasteiger partial charge is 0.303 e. The maximum atomic E-state index is 12.6. The van der Waals surface area contributed by atoms with E-state index in [0.717, 1.165) is 57.1 Å². The van der Waals surface area contributed by atoms with Gasteiger partial charge in [0.15, 0.2) is 12.1 Å². The fraction of sp³-hybridized carbons (Fsp3) is 0.692. The summed E-state index contributed by atoms with van der Waals surface area (Å²) in [6, 6.07) is 0. The second kappa shape index (κ2) is 14.4. The van der Waals surface area contributed by atoms with Crippen LogP contribution in [0.15, 0.2) is 36.0 Å². The van der Waals surface area contributed by atoms with Crippen LogP contribution in [0.1, 0.15) is 84.5 Å². The molecule has 1 aliphatic carbocycles. The third-order valence-corrected chi connectivity index (χ3v) is 6.12. The Kier molecular flexibility index (Phi) is 11.8. The van der Waals surface area contributed by atoms with E-state index in [4.69, 9.17) is 14.6 Å². The third kappa shape index (κ3) is 9.53. The topological polar surface area (TPSA) is 72.8 Å². The van der Waals surface area contributed by atoms with Crippen molar-refractivity contribution in [2.75, 3.05) is 6.61 Å². The molecule has 1 fully saturated rings. The number of ketones is 1. The summed E-state index contributed by atoms with van der Waals surface area (Å²) in [5, 5.41) is 8.72. The van der Waals surface area contributed by atoms with E-state index in [2.05, 4.69) is 25.2 Å². The van der Waals surface area contributed by atoms with E-state index < -0.39 is 5.97 Å². The van der Waals surface area contributed by atoms with Crippen molar-refractivity contribution in [3.05, 3.63) is 36.0 Å². The normalized spacial score (nSPS) is 25.4. The number of hydrogen-bond donors (Lipinski definition) is 1. The number of carbonyl (C=O) groups is 2. The predicted octanol–water partition coefficient (Wildman–Crippen LogP) is 6.00. The lowest BCUT2D eigenvalue weighted by Gasteiger charge is -2.27. The van der Waals surface area contributed by atoms with Gasteiger partial charge in [0.05, 0.1) is 6.10 Å². The zero-order valence-corrected chi connectivity index (χ0v) is 19.3. The van der Waals surface area contributed by atoms with Crippen LogP contribution in [0.25, 0.3) is 0 Å². The van der Waals surface area contributed by atoms with E-state index in [1.54, 1.807) is 6.08 Å². The van der Waals surface area contributed by atoms with Gasteiger partial charge in [0, 0.05) is 18.9 Å². The van der Waals surface area contributed by atoms with Gasteiger partial charge < -0.3 is 14.6 Å². The Bertz CT molecular complexity index is 642. The first-order valence-electron chi connectivity index (χ1n) is 12.1. The van der Waals surface area contributed by atoms with Crippen LogP contribution in [-0.2, 0) is 19.1 Å². The molecular weight excluding hydrogens is 392 g/mol. The van der Waals surface area contributed by atoms with Crippen LogP contribution < -0.4 is 0 Å². The Morgan fingerprint density at radius 1 is 1.29 bits per heavy atom. The van der Waals surface area contributed by atoms with Crippen LogP contribution in [0, 0.1) is 11.8 Å². The molecule has 1 aliphatic heterocycles. The number of unbranched alkanes of at least 4 members (excludes halogenated alkanes) is 3. The molecule has 0 bridgehead atoms. The van der Waals surface area contributed by atoms with E-state index in [0.29, 0.717) is 6.42 Å². The van der Waals surface area contributed by atoms with Crippen LogP contribution in [0.2, 0.25) is 0 Å². The fourth-order valence-electron chi connectivity index (χ4n) is 4.26. The van der Waals surface area contributed by atoms with Crippen molar-refractivity contribution in [3.8, 4) is 0 Å². The van der Waals surface area contributed by atoms with Gasteiger partial charge in [-0.15, -0.1) is 0 Å². The molecular formula is C26H40O5. The van der Waals surface area contributed by atoms with Gasteiger partial charge in [-0.25, -0.2) is 0 Å². The molecule has 2 aliphatic rings. The minimum absolute atomic E-state index is 0.0180. The molecule has 0 radical (unpaired) electrons. The zero-order chi connectivity index (χ0) is 22.5. The number of hydrogen-bond acceptors (Lipinski definition) is 4. The van der Waals surface area contributed by atoms with Crippen molar-refractivity contribution >= 4 is 11.8 Å². The maximum absolute atomic E-state index is 12.6. The number of carbonyl (C=O) groups excluding carboxylic acids is 1. The summed E-state index contributed by atoms with van der Waals surface area (Å²) in [5.74, 6) is -0.567.